The molecule has 4 aliphatic rings. The fourth-order valence-corrected chi connectivity index (χ4v) is 11.7. The molecule has 0 radical (unpaired) electrons. The molecule has 4 aliphatic carbocycles. The highest BCUT2D eigenvalue weighted by Crippen LogP contribution is 2.63. The Kier molecular flexibility index (Phi) is 9.96. The summed E-state index contributed by atoms with van der Waals surface area (Å²) in [5.74, 6) is 9.19. The van der Waals surface area contributed by atoms with Crippen molar-refractivity contribution >= 4 is 0 Å². The maximum absolute atomic E-state index is 7.03. The van der Waals surface area contributed by atoms with Crippen LogP contribution in [-0.2, 0) is 10.2 Å². The van der Waals surface area contributed by atoms with Gasteiger partial charge in [-0.3, -0.25) is 0 Å². The second kappa shape index (κ2) is 13.4. The molecule has 0 spiro atoms. The first-order valence-electron chi connectivity index (χ1n) is 19.5. The molecule has 0 heterocycles. The van der Waals surface area contributed by atoms with Crippen LogP contribution in [0.3, 0.4) is 0 Å². The number of fused-ring (bicyclic) bond motifs is 2. The van der Waals surface area contributed by atoms with Crippen molar-refractivity contribution in [3.63, 3.8) is 0 Å². The van der Waals surface area contributed by atoms with Gasteiger partial charge in [-0.1, -0.05) is 130 Å². The largest absolute Gasteiger partial charge is 0.377 e. The van der Waals surface area contributed by atoms with Gasteiger partial charge in [-0.05, 0) is 131 Å². The lowest BCUT2D eigenvalue weighted by molar-refractivity contribution is -0.100. The van der Waals surface area contributed by atoms with E-state index in [1.807, 2.05) is 0 Å². The maximum Gasteiger partial charge on any atom is 0.0679 e. The van der Waals surface area contributed by atoms with Crippen molar-refractivity contribution in [2.45, 2.75) is 138 Å². The summed E-state index contributed by atoms with van der Waals surface area (Å²) in [5, 5.41) is 0. The lowest BCUT2D eigenvalue weighted by Gasteiger charge is -2.51. The Morgan fingerprint density at radius 2 is 1.33 bits per heavy atom. The van der Waals surface area contributed by atoms with E-state index in [9.17, 15) is 0 Å². The smallest absolute Gasteiger partial charge is 0.0679 e. The molecule has 4 saturated carbocycles. The van der Waals surface area contributed by atoms with E-state index in [1.54, 1.807) is 5.56 Å². The predicted octanol–water partition coefficient (Wildman–Crippen LogP) is 12.3. The van der Waals surface area contributed by atoms with Crippen LogP contribution in [-0.4, -0.2) is 12.7 Å². The minimum atomic E-state index is 0.224. The van der Waals surface area contributed by atoms with E-state index in [4.69, 9.17) is 4.74 Å². The van der Waals surface area contributed by atoms with Crippen LogP contribution < -0.4 is 0 Å². The van der Waals surface area contributed by atoms with E-state index in [2.05, 4.69) is 124 Å². The highest BCUT2D eigenvalue weighted by Gasteiger charge is 2.56. The van der Waals surface area contributed by atoms with E-state index >= 15 is 0 Å². The molecule has 6 rings (SSSR count). The highest BCUT2D eigenvalue weighted by atomic mass is 16.5. The molecule has 4 fully saturated rings. The molecule has 0 aliphatic heterocycles. The SMILES string of the molecule is CC(C)COC1C(c2ccccc2)C2CC(C)C(CC3C(C)CC4C(c5ccc(C(C)(C)C)cc5)CCCC34)C2CC1C(C)(C)C. The Balaban J connectivity index is 1.26. The minimum Gasteiger partial charge on any atom is -0.377 e. The van der Waals surface area contributed by atoms with Crippen LogP contribution in [0.15, 0.2) is 54.6 Å². The van der Waals surface area contributed by atoms with Crippen molar-refractivity contribution in [3.05, 3.63) is 71.3 Å². The van der Waals surface area contributed by atoms with Crippen molar-refractivity contribution in [1.29, 1.82) is 0 Å². The average molecular weight is 625 g/mol. The van der Waals surface area contributed by atoms with Crippen LogP contribution in [0.1, 0.15) is 143 Å². The summed E-state index contributed by atoms with van der Waals surface area (Å²) in [6.07, 6.45) is 10.2. The van der Waals surface area contributed by atoms with Gasteiger partial charge in [0.15, 0.2) is 0 Å². The standard InChI is InChI=1S/C45H68O/c1-28(2)27-46-43-41(45(8,9)10)26-39-37(30(4)24-40(39)42(43)32-15-12-11-13-16-32)25-36-29(3)23-38-34(17-14-18-35(36)38)31-19-21-33(22-20-31)44(5,6)7/h11-13,15-16,19-22,28-30,34-43H,14,17-18,23-27H2,1-10H3. The Morgan fingerprint density at radius 3 is 1.93 bits per heavy atom. The van der Waals surface area contributed by atoms with Crippen molar-refractivity contribution in [2.24, 2.45) is 64.6 Å². The Hall–Kier alpha value is -1.60. The summed E-state index contributed by atoms with van der Waals surface area (Å²) >= 11 is 0. The van der Waals surface area contributed by atoms with Crippen molar-refractivity contribution in [3.8, 4) is 0 Å². The topological polar surface area (TPSA) is 9.23 Å². The summed E-state index contributed by atoms with van der Waals surface area (Å²) in [6.45, 7) is 25.3. The number of rotatable bonds is 7. The maximum atomic E-state index is 7.03. The molecule has 2 aromatic rings. The zero-order valence-electron chi connectivity index (χ0n) is 31.3. The molecule has 1 heteroatoms. The highest BCUT2D eigenvalue weighted by molar-refractivity contribution is 5.31. The van der Waals surface area contributed by atoms with Gasteiger partial charge in [0.05, 0.1) is 6.10 Å². The molecule has 0 N–H and O–H groups in total. The molecular weight excluding hydrogens is 556 g/mol. The van der Waals surface area contributed by atoms with Crippen LogP contribution in [0.5, 0.6) is 0 Å². The van der Waals surface area contributed by atoms with Gasteiger partial charge in [0, 0.05) is 12.5 Å². The third-order valence-corrected chi connectivity index (χ3v) is 13.9. The summed E-state index contributed by atoms with van der Waals surface area (Å²) in [4.78, 5) is 0. The first kappa shape index (κ1) is 34.3. The first-order valence-corrected chi connectivity index (χ1v) is 19.5. The van der Waals surface area contributed by atoms with Crippen LogP contribution >= 0.6 is 0 Å². The molecular formula is C45H68O. The van der Waals surface area contributed by atoms with Gasteiger partial charge in [-0.25, -0.2) is 0 Å². The average Bonchev–Trinajstić information content (AvgIpc) is 3.49. The quantitative estimate of drug-likeness (QED) is 0.298. The molecule has 12 atom stereocenters. The van der Waals surface area contributed by atoms with Crippen molar-refractivity contribution in [2.75, 3.05) is 6.61 Å². The zero-order chi connectivity index (χ0) is 33.0. The molecule has 2 aromatic carbocycles. The van der Waals surface area contributed by atoms with E-state index in [1.165, 1.54) is 56.1 Å². The Labute approximate surface area is 284 Å². The summed E-state index contributed by atoms with van der Waals surface area (Å²) in [6, 6.07) is 21.5. The van der Waals surface area contributed by atoms with Gasteiger partial charge < -0.3 is 4.74 Å². The lowest BCUT2D eigenvalue weighted by atomic mass is 9.57. The number of ether oxygens (including phenoxy) is 1. The van der Waals surface area contributed by atoms with Crippen molar-refractivity contribution < 1.29 is 4.74 Å². The van der Waals surface area contributed by atoms with E-state index < -0.39 is 0 Å². The van der Waals surface area contributed by atoms with Crippen LogP contribution in [0, 0.1) is 64.6 Å². The van der Waals surface area contributed by atoms with Crippen molar-refractivity contribution in [1.82, 2.24) is 0 Å². The fraction of sp³-hybridized carbons (Fsp3) is 0.733. The molecule has 12 unspecified atom stereocenters. The van der Waals surface area contributed by atoms with Gasteiger partial charge in [0.25, 0.3) is 0 Å². The first-order chi connectivity index (χ1) is 21.7. The molecule has 1 nitrogen and oxygen atoms in total. The Bertz CT molecular complexity index is 1260. The van der Waals surface area contributed by atoms with E-state index in [-0.39, 0.29) is 10.8 Å². The summed E-state index contributed by atoms with van der Waals surface area (Å²) < 4.78 is 7.03. The summed E-state index contributed by atoms with van der Waals surface area (Å²) in [5.41, 5.74) is 5.10. The third-order valence-electron chi connectivity index (χ3n) is 13.9. The van der Waals surface area contributed by atoms with Gasteiger partial charge >= 0.3 is 0 Å². The van der Waals surface area contributed by atoms with Crippen LogP contribution in [0.25, 0.3) is 0 Å². The van der Waals surface area contributed by atoms with Crippen LogP contribution in [0.4, 0.5) is 0 Å². The predicted molar refractivity (Wildman–Crippen MR) is 196 cm³/mol. The molecule has 254 valence electrons. The van der Waals surface area contributed by atoms with Crippen LogP contribution in [0.2, 0.25) is 0 Å². The van der Waals surface area contributed by atoms with Gasteiger partial charge in [0.1, 0.15) is 0 Å². The molecule has 0 bridgehead atoms. The van der Waals surface area contributed by atoms with E-state index in [0.29, 0.717) is 23.9 Å². The molecule has 0 amide bonds. The molecule has 0 aromatic heterocycles. The third kappa shape index (κ3) is 6.80. The normalized spacial score (nSPS) is 38.2. The van der Waals surface area contributed by atoms with Gasteiger partial charge in [0.2, 0.25) is 0 Å². The molecule has 46 heavy (non-hydrogen) atoms. The second-order valence-electron chi connectivity index (χ2n) is 19.4. The van der Waals surface area contributed by atoms with E-state index in [0.717, 1.165) is 59.9 Å². The zero-order valence-corrected chi connectivity index (χ0v) is 31.3. The molecule has 0 saturated heterocycles. The minimum absolute atomic E-state index is 0.224. The lowest BCUT2D eigenvalue weighted by Crippen LogP contribution is -2.48. The number of hydrogen-bond donors (Lipinski definition) is 0. The number of hydrogen-bond acceptors (Lipinski definition) is 1. The van der Waals surface area contributed by atoms with Gasteiger partial charge in [-0.15, -0.1) is 0 Å². The summed E-state index contributed by atoms with van der Waals surface area (Å²) in [7, 11) is 0. The number of benzene rings is 2. The second-order valence-corrected chi connectivity index (χ2v) is 19.4. The van der Waals surface area contributed by atoms with Gasteiger partial charge in [-0.2, -0.15) is 0 Å². The fourth-order valence-electron chi connectivity index (χ4n) is 11.7. The monoisotopic (exact) mass is 625 g/mol. The Morgan fingerprint density at radius 1 is 0.696 bits per heavy atom.